The molecular formula is C34H40N4O5S. The van der Waals surface area contributed by atoms with Crippen molar-refractivity contribution >= 4 is 40.9 Å². The largest absolute Gasteiger partial charge is 0.465 e. The Hall–Kier alpha value is -3.60. The van der Waals surface area contributed by atoms with E-state index >= 15 is 0 Å². The molecule has 44 heavy (non-hydrogen) atoms. The van der Waals surface area contributed by atoms with Gasteiger partial charge >= 0.3 is 5.97 Å². The Morgan fingerprint density at radius 3 is 2.41 bits per heavy atom. The predicted octanol–water partition coefficient (Wildman–Crippen LogP) is 7.09. The summed E-state index contributed by atoms with van der Waals surface area (Å²) < 4.78 is 18.9. The minimum absolute atomic E-state index is 0.0363. The van der Waals surface area contributed by atoms with Gasteiger partial charge in [-0.25, -0.2) is 9.79 Å². The second-order valence-electron chi connectivity index (χ2n) is 11.8. The van der Waals surface area contributed by atoms with E-state index in [1.165, 1.54) is 18.4 Å². The number of aromatic nitrogens is 2. The van der Waals surface area contributed by atoms with E-state index < -0.39 is 11.8 Å². The van der Waals surface area contributed by atoms with Gasteiger partial charge in [0.15, 0.2) is 11.6 Å². The number of anilines is 1. The molecule has 6 rings (SSSR count). The third kappa shape index (κ3) is 6.16. The number of allylic oxidation sites excluding steroid dienone is 1. The van der Waals surface area contributed by atoms with Gasteiger partial charge < -0.3 is 19.1 Å². The maximum atomic E-state index is 14.3. The van der Waals surface area contributed by atoms with Crippen molar-refractivity contribution < 1.29 is 23.8 Å². The second-order valence-corrected chi connectivity index (χ2v) is 12.9. The fraction of sp³-hybridized carbons (Fsp3) is 0.471. The maximum Gasteiger partial charge on any atom is 0.350 e. The Morgan fingerprint density at radius 1 is 1.07 bits per heavy atom. The summed E-state index contributed by atoms with van der Waals surface area (Å²) in [6.07, 6.45) is 11.3. The molecule has 3 aromatic rings. The molecule has 2 aromatic heterocycles. The number of benzene rings is 1. The van der Waals surface area contributed by atoms with Crippen LogP contribution < -0.4 is 4.90 Å². The van der Waals surface area contributed by atoms with Crippen LogP contribution in [0.2, 0.25) is 0 Å². The lowest BCUT2D eigenvalue weighted by Gasteiger charge is -2.41. The van der Waals surface area contributed by atoms with Crippen molar-refractivity contribution in [1.29, 1.82) is 0 Å². The van der Waals surface area contributed by atoms with Gasteiger partial charge in [0, 0.05) is 54.6 Å². The van der Waals surface area contributed by atoms with Crippen LogP contribution >= 0.6 is 11.3 Å². The highest BCUT2D eigenvalue weighted by Crippen LogP contribution is 2.44. The minimum atomic E-state index is -0.533. The van der Waals surface area contributed by atoms with Gasteiger partial charge in [0.1, 0.15) is 4.88 Å². The molecule has 3 heterocycles. The van der Waals surface area contributed by atoms with E-state index in [-0.39, 0.29) is 17.9 Å². The molecule has 0 N–H and O–H groups in total. The van der Waals surface area contributed by atoms with E-state index in [1.54, 1.807) is 17.0 Å². The van der Waals surface area contributed by atoms with E-state index in [1.807, 2.05) is 48.3 Å². The Kier molecular flexibility index (Phi) is 9.11. The molecule has 1 aliphatic heterocycles. The first-order valence-corrected chi connectivity index (χ1v) is 16.4. The number of hydrogen-bond donors (Lipinski definition) is 0. The van der Waals surface area contributed by atoms with Crippen molar-refractivity contribution in [2.75, 3.05) is 25.2 Å². The molecule has 1 aromatic carbocycles. The van der Waals surface area contributed by atoms with Crippen LogP contribution in [-0.2, 0) is 26.1 Å². The summed E-state index contributed by atoms with van der Waals surface area (Å²) in [6, 6.07) is 12.0. The van der Waals surface area contributed by atoms with Gasteiger partial charge in [-0.05, 0) is 37.3 Å². The summed E-state index contributed by atoms with van der Waals surface area (Å²) in [5, 5.41) is 4.60. The lowest BCUT2D eigenvalue weighted by molar-refractivity contribution is -0.179. The normalized spacial score (nSPS) is 19.0. The highest BCUT2D eigenvalue weighted by Gasteiger charge is 2.44. The number of aliphatic imine (C=N–C) groups is 1. The van der Waals surface area contributed by atoms with Gasteiger partial charge in [-0.3, -0.25) is 9.48 Å². The number of rotatable bonds is 8. The fourth-order valence-corrected chi connectivity index (χ4v) is 7.80. The van der Waals surface area contributed by atoms with Gasteiger partial charge in [-0.1, -0.05) is 56.2 Å². The van der Waals surface area contributed by atoms with Gasteiger partial charge in [-0.2, -0.15) is 5.10 Å². The number of esters is 1. The van der Waals surface area contributed by atoms with Crippen LogP contribution in [0.3, 0.4) is 0 Å². The first-order valence-electron chi connectivity index (χ1n) is 15.5. The zero-order valence-electron chi connectivity index (χ0n) is 25.5. The van der Waals surface area contributed by atoms with Crippen LogP contribution in [0.1, 0.15) is 67.5 Å². The Balaban J connectivity index is 1.33. The molecule has 1 saturated heterocycles. The molecule has 1 amide bonds. The van der Waals surface area contributed by atoms with Crippen LogP contribution in [0.15, 0.2) is 54.0 Å². The van der Waals surface area contributed by atoms with E-state index in [0.29, 0.717) is 23.8 Å². The molecule has 10 heteroatoms. The van der Waals surface area contributed by atoms with Crippen molar-refractivity contribution in [3.63, 3.8) is 0 Å². The number of methoxy groups -OCH3 is 1. The van der Waals surface area contributed by atoms with Gasteiger partial charge in [0.05, 0.1) is 31.7 Å². The molecule has 1 spiro atoms. The summed E-state index contributed by atoms with van der Waals surface area (Å²) >= 11 is 1.37. The number of carbonyl (C=O) groups is 2. The monoisotopic (exact) mass is 616 g/mol. The smallest absolute Gasteiger partial charge is 0.350 e. The zero-order valence-corrected chi connectivity index (χ0v) is 26.3. The average molecular weight is 617 g/mol. The molecule has 0 bridgehead atoms. The van der Waals surface area contributed by atoms with E-state index in [4.69, 9.17) is 14.2 Å². The molecule has 3 fully saturated rings. The molecule has 0 atom stereocenters. The van der Waals surface area contributed by atoms with Crippen molar-refractivity contribution in [2.45, 2.75) is 69.6 Å². The second kappa shape index (κ2) is 13.2. The lowest BCUT2D eigenvalue weighted by atomic mass is 9.85. The first-order chi connectivity index (χ1) is 21.4. The lowest BCUT2D eigenvalue weighted by Crippen LogP contribution is -2.49. The number of nitrogens with zero attached hydrogens (tertiary/aromatic N) is 4. The van der Waals surface area contributed by atoms with Crippen molar-refractivity contribution in [3.05, 3.63) is 53.9 Å². The third-order valence-electron chi connectivity index (χ3n) is 9.06. The molecule has 2 aliphatic carbocycles. The van der Waals surface area contributed by atoms with Crippen LogP contribution in [0.5, 0.6) is 0 Å². The molecule has 3 aliphatic rings. The van der Waals surface area contributed by atoms with Gasteiger partial charge in [0.2, 0.25) is 5.91 Å². The molecule has 2 saturated carbocycles. The average Bonchev–Trinajstić information content (AvgIpc) is 3.80. The van der Waals surface area contributed by atoms with Crippen LogP contribution in [-0.4, -0.2) is 60.0 Å². The van der Waals surface area contributed by atoms with Crippen molar-refractivity contribution in [2.24, 2.45) is 18.0 Å². The highest BCUT2D eigenvalue weighted by molar-refractivity contribution is 7.18. The summed E-state index contributed by atoms with van der Waals surface area (Å²) in [6.45, 7) is 4.90. The molecule has 0 unspecified atom stereocenters. The number of amides is 1. The molecule has 9 nitrogen and oxygen atoms in total. The first kappa shape index (κ1) is 30.4. The third-order valence-corrected chi connectivity index (χ3v) is 10.2. The molecule has 232 valence electrons. The van der Waals surface area contributed by atoms with Gasteiger partial charge in [-0.15, -0.1) is 11.3 Å². The Labute approximate surface area is 262 Å². The quantitative estimate of drug-likeness (QED) is 0.198. The topological polar surface area (TPSA) is 95.3 Å². The van der Waals surface area contributed by atoms with E-state index in [2.05, 4.69) is 16.7 Å². The summed E-state index contributed by atoms with van der Waals surface area (Å²) in [7, 11) is 3.25. The van der Waals surface area contributed by atoms with Crippen molar-refractivity contribution in [3.8, 4) is 21.7 Å². The predicted molar refractivity (Wildman–Crippen MR) is 173 cm³/mol. The summed E-state index contributed by atoms with van der Waals surface area (Å²) in [4.78, 5) is 35.2. The van der Waals surface area contributed by atoms with E-state index in [9.17, 15) is 9.59 Å². The summed E-state index contributed by atoms with van der Waals surface area (Å²) in [5.41, 5.74) is 3.37. The number of ether oxygens (including phenoxy) is 3. The Bertz CT molecular complexity index is 1520. The Morgan fingerprint density at radius 2 is 1.75 bits per heavy atom. The number of aryl methyl sites for hydroxylation is 1. The van der Waals surface area contributed by atoms with Crippen LogP contribution in [0.25, 0.3) is 21.7 Å². The highest BCUT2D eigenvalue weighted by atomic mass is 32.1. The molecule has 0 radical (unpaired) electrons. The fourth-order valence-electron chi connectivity index (χ4n) is 6.72. The van der Waals surface area contributed by atoms with Crippen molar-refractivity contribution in [1.82, 2.24) is 9.78 Å². The SMILES string of the molecule is C=C/C=N\c1cc(-c2ccc(-c3cc(N(C(=O)C4CCCCC4)C4CCC5(CC4)OCCO5)c(C(=O)OC)s3)cc2)nn1C. The standard InChI is InChI=1S/C34H40N4O5S/c1-4-18-35-30-21-27(36-37(30)2)23-10-12-24(13-11-23)29-22-28(31(44-29)33(40)41-3)38(32(39)25-8-6-5-7-9-25)26-14-16-34(17-15-26)42-19-20-43-34/h4,10-13,18,21-22,25-26H,1,5-9,14-17,19-20H2,2-3H3/b35-18-. The zero-order chi connectivity index (χ0) is 30.7. The number of carbonyl (C=O) groups excluding carboxylic acids is 2. The summed E-state index contributed by atoms with van der Waals surface area (Å²) in [5.74, 6) is -0.142. The van der Waals surface area contributed by atoms with Crippen LogP contribution in [0.4, 0.5) is 11.5 Å². The molecular weight excluding hydrogens is 576 g/mol. The van der Waals surface area contributed by atoms with Gasteiger partial charge in [0.25, 0.3) is 0 Å². The maximum absolute atomic E-state index is 14.3. The minimum Gasteiger partial charge on any atom is -0.465 e. The number of hydrogen-bond acceptors (Lipinski definition) is 8. The number of thiophene rings is 1. The van der Waals surface area contributed by atoms with Crippen LogP contribution in [0, 0.1) is 5.92 Å². The van der Waals surface area contributed by atoms with E-state index in [0.717, 1.165) is 85.3 Å².